The Balaban J connectivity index is 1.65. The van der Waals surface area contributed by atoms with Gasteiger partial charge < -0.3 is 13.9 Å². The SMILES string of the molecule is COc1c(-c2nc3c(n2C(C)C)[C@H](c2ccc(Cl)s2)N(c2cc(Cl)cn(C)c2=O)C3=O)ccc2c1cnn2C. The van der Waals surface area contributed by atoms with Crippen molar-refractivity contribution in [3.8, 4) is 17.1 Å². The summed E-state index contributed by atoms with van der Waals surface area (Å²) in [6, 6.07) is 8.37. The van der Waals surface area contributed by atoms with Crippen LogP contribution < -0.4 is 15.2 Å². The number of ether oxygens (including phenoxy) is 1. The van der Waals surface area contributed by atoms with Crippen molar-refractivity contribution in [3.05, 3.63) is 78.7 Å². The van der Waals surface area contributed by atoms with Crippen molar-refractivity contribution in [1.82, 2.24) is 23.9 Å². The van der Waals surface area contributed by atoms with Crippen LogP contribution in [0.1, 0.15) is 47.0 Å². The summed E-state index contributed by atoms with van der Waals surface area (Å²) >= 11 is 14.1. The maximum Gasteiger partial charge on any atom is 0.279 e. The highest BCUT2D eigenvalue weighted by Crippen LogP contribution is 2.47. The van der Waals surface area contributed by atoms with Crippen molar-refractivity contribution in [1.29, 1.82) is 0 Å². The van der Waals surface area contributed by atoms with Crippen LogP contribution in [0.4, 0.5) is 5.69 Å². The third-order valence-corrected chi connectivity index (χ3v) is 8.47. The number of thiophene rings is 1. The molecule has 0 aliphatic carbocycles. The van der Waals surface area contributed by atoms with E-state index in [1.165, 1.54) is 33.1 Å². The Morgan fingerprint density at radius 2 is 1.87 bits per heavy atom. The number of hydrogen-bond acceptors (Lipinski definition) is 6. The van der Waals surface area contributed by atoms with Crippen molar-refractivity contribution < 1.29 is 9.53 Å². The van der Waals surface area contributed by atoms with Gasteiger partial charge in [0, 0.05) is 31.2 Å². The number of pyridine rings is 1. The highest BCUT2D eigenvalue weighted by atomic mass is 35.5. The van der Waals surface area contributed by atoms with Crippen LogP contribution in [-0.2, 0) is 14.1 Å². The molecule has 39 heavy (non-hydrogen) atoms. The summed E-state index contributed by atoms with van der Waals surface area (Å²) in [5, 5.41) is 5.56. The molecule has 200 valence electrons. The molecule has 1 amide bonds. The number of anilines is 1. The minimum absolute atomic E-state index is 0.0848. The summed E-state index contributed by atoms with van der Waals surface area (Å²) in [5.74, 6) is 0.827. The van der Waals surface area contributed by atoms with Crippen molar-refractivity contribution in [2.45, 2.75) is 25.9 Å². The number of imidazole rings is 1. The Hall–Kier alpha value is -3.60. The second-order valence-electron chi connectivity index (χ2n) is 9.66. The van der Waals surface area contributed by atoms with E-state index in [1.54, 1.807) is 31.1 Å². The lowest BCUT2D eigenvalue weighted by atomic mass is 10.1. The molecule has 4 aromatic heterocycles. The van der Waals surface area contributed by atoms with Crippen LogP contribution in [0, 0.1) is 0 Å². The molecule has 1 aliphatic heterocycles. The molecule has 5 aromatic rings. The number of carbonyl (C=O) groups excluding carboxylic acids is 1. The van der Waals surface area contributed by atoms with Gasteiger partial charge in [0.05, 0.1) is 44.8 Å². The number of rotatable bonds is 5. The summed E-state index contributed by atoms with van der Waals surface area (Å²) < 4.78 is 11.6. The fraction of sp³-hybridized carbons (Fsp3) is 0.259. The first-order valence-electron chi connectivity index (χ1n) is 12.2. The van der Waals surface area contributed by atoms with E-state index < -0.39 is 6.04 Å². The monoisotopic (exact) mass is 582 g/mol. The number of benzene rings is 1. The van der Waals surface area contributed by atoms with Crippen LogP contribution in [0.15, 0.2) is 47.5 Å². The van der Waals surface area contributed by atoms with Crippen LogP contribution in [0.2, 0.25) is 9.36 Å². The van der Waals surface area contributed by atoms with E-state index in [2.05, 4.69) is 5.10 Å². The van der Waals surface area contributed by atoms with Crippen molar-refractivity contribution in [3.63, 3.8) is 0 Å². The number of aryl methyl sites for hydroxylation is 2. The molecule has 9 nitrogen and oxygen atoms in total. The molecule has 0 fully saturated rings. The number of nitrogens with zero attached hydrogens (tertiary/aromatic N) is 6. The average molecular weight is 584 g/mol. The normalized spacial score (nSPS) is 15.1. The molecule has 6 rings (SSSR count). The second kappa shape index (κ2) is 9.25. The smallest absolute Gasteiger partial charge is 0.279 e. The lowest BCUT2D eigenvalue weighted by Gasteiger charge is -2.27. The van der Waals surface area contributed by atoms with E-state index >= 15 is 0 Å². The minimum Gasteiger partial charge on any atom is -0.495 e. The maximum absolute atomic E-state index is 14.1. The van der Waals surface area contributed by atoms with E-state index in [-0.39, 0.29) is 28.9 Å². The van der Waals surface area contributed by atoms with E-state index in [0.29, 0.717) is 26.6 Å². The first-order valence-corrected chi connectivity index (χ1v) is 13.8. The Morgan fingerprint density at radius 3 is 2.54 bits per heavy atom. The molecule has 1 aliphatic rings. The topological polar surface area (TPSA) is 87.2 Å². The molecule has 1 aromatic carbocycles. The standard InChI is InChI=1S/C27H24Cl2N6O3S/c1-13(2)34-23-21(31-25(34)15-6-7-17-16(24(15)38-5)11-30-33(17)4)27(37)35(22(23)19-8-9-20(29)39-19)18-10-14(28)12-32(3)26(18)36/h6-13,22H,1-5H3/t22-/m0/s1. The predicted molar refractivity (Wildman–Crippen MR) is 154 cm³/mol. The number of hydrogen-bond donors (Lipinski definition) is 0. The van der Waals surface area contributed by atoms with Crippen molar-refractivity contribution in [2.24, 2.45) is 14.1 Å². The fourth-order valence-corrected chi connectivity index (χ4v) is 6.75. The molecule has 5 heterocycles. The highest BCUT2D eigenvalue weighted by molar-refractivity contribution is 7.16. The summed E-state index contributed by atoms with van der Waals surface area (Å²) in [6.07, 6.45) is 3.27. The Morgan fingerprint density at radius 1 is 1.10 bits per heavy atom. The molecule has 12 heteroatoms. The molecule has 0 N–H and O–H groups in total. The zero-order chi connectivity index (χ0) is 27.7. The molecular formula is C27H24Cl2N6O3S. The lowest BCUT2D eigenvalue weighted by molar-refractivity contribution is 0.0989. The van der Waals surface area contributed by atoms with Gasteiger partial charge in [0.2, 0.25) is 0 Å². The third-order valence-electron chi connectivity index (χ3n) is 6.98. The van der Waals surface area contributed by atoms with E-state index in [1.807, 2.05) is 43.7 Å². The van der Waals surface area contributed by atoms with E-state index in [4.69, 9.17) is 32.9 Å². The van der Waals surface area contributed by atoms with Crippen LogP contribution >= 0.6 is 34.5 Å². The van der Waals surface area contributed by atoms with Gasteiger partial charge >= 0.3 is 0 Å². The second-order valence-corrected chi connectivity index (χ2v) is 11.8. The van der Waals surface area contributed by atoms with Gasteiger partial charge in [0.15, 0.2) is 5.69 Å². The first-order chi connectivity index (χ1) is 18.6. The highest BCUT2D eigenvalue weighted by Gasteiger charge is 2.46. The predicted octanol–water partition coefficient (Wildman–Crippen LogP) is 5.84. The number of aromatic nitrogens is 5. The Kier molecular flexibility index (Phi) is 6.09. The Labute approximate surface area is 237 Å². The molecule has 0 bridgehead atoms. The summed E-state index contributed by atoms with van der Waals surface area (Å²) in [4.78, 5) is 34.6. The van der Waals surface area contributed by atoms with Gasteiger partial charge in [-0.1, -0.05) is 23.2 Å². The van der Waals surface area contributed by atoms with Crippen LogP contribution in [0.3, 0.4) is 0 Å². The minimum atomic E-state index is -0.632. The first kappa shape index (κ1) is 25.7. The van der Waals surface area contributed by atoms with Gasteiger partial charge in [-0.15, -0.1) is 11.3 Å². The number of methoxy groups -OCH3 is 1. The molecule has 0 unspecified atom stereocenters. The van der Waals surface area contributed by atoms with Crippen molar-refractivity contribution in [2.75, 3.05) is 12.0 Å². The summed E-state index contributed by atoms with van der Waals surface area (Å²) in [5.41, 5.74) is 2.43. The van der Waals surface area contributed by atoms with E-state index in [9.17, 15) is 9.59 Å². The summed E-state index contributed by atoms with van der Waals surface area (Å²) in [6.45, 7) is 4.06. The van der Waals surface area contributed by atoms with Gasteiger partial charge in [-0.3, -0.25) is 19.2 Å². The van der Waals surface area contributed by atoms with Gasteiger partial charge in [0.25, 0.3) is 11.5 Å². The Bertz CT molecular complexity index is 1850. The maximum atomic E-state index is 14.1. The van der Waals surface area contributed by atoms with Crippen LogP contribution in [0.25, 0.3) is 22.3 Å². The van der Waals surface area contributed by atoms with Crippen LogP contribution in [-0.4, -0.2) is 36.9 Å². The van der Waals surface area contributed by atoms with Gasteiger partial charge in [-0.05, 0) is 44.2 Å². The molecule has 0 saturated heterocycles. The average Bonchev–Trinajstić information content (AvgIpc) is 3.65. The zero-order valence-corrected chi connectivity index (χ0v) is 24.1. The molecule has 0 saturated carbocycles. The molecule has 0 radical (unpaired) electrons. The number of fused-ring (bicyclic) bond motifs is 2. The quantitative estimate of drug-likeness (QED) is 0.259. The molecule has 0 spiro atoms. The number of amides is 1. The molecular weight excluding hydrogens is 559 g/mol. The fourth-order valence-electron chi connectivity index (χ4n) is 5.34. The summed E-state index contributed by atoms with van der Waals surface area (Å²) in [7, 11) is 5.09. The third kappa shape index (κ3) is 3.81. The number of halogens is 2. The van der Waals surface area contributed by atoms with Crippen molar-refractivity contribution >= 4 is 57.0 Å². The van der Waals surface area contributed by atoms with Crippen LogP contribution in [0.5, 0.6) is 5.75 Å². The zero-order valence-electron chi connectivity index (χ0n) is 21.8. The van der Waals surface area contributed by atoms with Gasteiger partial charge in [0.1, 0.15) is 23.3 Å². The largest absolute Gasteiger partial charge is 0.495 e. The number of carbonyl (C=O) groups is 1. The van der Waals surface area contributed by atoms with Gasteiger partial charge in [-0.25, -0.2) is 4.98 Å². The van der Waals surface area contributed by atoms with Gasteiger partial charge in [-0.2, -0.15) is 5.10 Å². The molecule has 1 atom stereocenters. The lowest BCUT2D eigenvalue weighted by Crippen LogP contribution is -2.35. The van der Waals surface area contributed by atoms with E-state index in [0.717, 1.165) is 21.3 Å².